The fourth-order valence-corrected chi connectivity index (χ4v) is 2.08. The van der Waals surface area contributed by atoms with Crippen LogP contribution in [0.3, 0.4) is 0 Å². The molecule has 0 heterocycles. The van der Waals surface area contributed by atoms with Gasteiger partial charge in [0.25, 0.3) is 0 Å². The van der Waals surface area contributed by atoms with E-state index in [1.54, 1.807) is 0 Å². The molecule has 0 unspecified atom stereocenters. The first-order valence-electron chi connectivity index (χ1n) is 5.17. The Bertz CT molecular complexity index is 385. The van der Waals surface area contributed by atoms with Crippen molar-refractivity contribution in [2.75, 3.05) is 0 Å². The molecule has 0 radical (unpaired) electrons. The van der Waals surface area contributed by atoms with Crippen LogP contribution in [0.5, 0.6) is 0 Å². The van der Waals surface area contributed by atoms with Crippen LogP contribution in [-0.2, 0) is 11.2 Å². The van der Waals surface area contributed by atoms with Crippen LogP contribution in [0.2, 0.25) is 5.02 Å². The summed E-state index contributed by atoms with van der Waals surface area (Å²) in [6.07, 6.45) is 3.54. The Hall–Kier alpha value is -1.02. The second-order valence-corrected chi connectivity index (χ2v) is 4.64. The summed E-state index contributed by atoms with van der Waals surface area (Å²) in [4.78, 5) is 11.2. The third-order valence-corrected chi connectivity index (χ3v) is 3.58. The van der Waals surface area contributed by atoms with E-state index in [0.717, 1.165) is 36.3 Å². The standard InChI is InChI=1S/C12H14ClNO/c13-10-4-2-1-3-9(10)5-6-12(7-8-12)11(14)15/h1-4H,5-8H2,(H2,14,15). The molecular weight excluding hydrogens is 210 g/mol. The van der Waals surface area contributed by atoms with Crippen LogP contribution < -0.4 is 5.73 Å². The topological polar surface area (TPSA) is 43.1 Å². The smallest absolute Gasteiger partial charge is 0.223 e. The zero-order valence-electron chi connectivity index (χ0n) is 8.50. The van der Waals surface area contributed by atoms with Crippen molar-refractivity contribution in [2.24, 2.45) is 11.1 Å². The lowest BCUT2D eigenvalue weighted by Gasteiger charge is -2.10. The van der Waals surface area contributed by atoms with Crippen LogP contribution in [0.1, 0.15) is 24.8 Å². The number of aryl methyl sites for hydroxylation is 1. The zero-order valence-corrected chi connectivity index (χ0v) is 9.26. The van der Waals surface area contributed by atoms with Gasteiger partial charge in [0, 0.05) is 10.4 Å². The number of nitrogens with two attached hydrogens (primary N) is 1. The quantitative estimate of drug-likeness (QED) is 0.838. The Morgan fingerprint density at radius 2 is 2.07 bits per heavy atom. The molecule has 0 spiro atoms. The largest absolute Gasteiger partial charge is 0.369 e. The Morgan fingerprint density at radius 3 is 2.60 bits per heavy atom. The van der Waals surface area contributed by atoms with Crippen molar-refractivity contribution < 1.29 is 4.79 Å². The monoisotopic (exact) mass is 223 g/mol. The predicted molar refractivity (Wildman–Crippen MR) is 60.6 cm³/mol. The molecule has 3 heteroatoms. The average molecular weight is 224 g/mol. The Morgan fingerprint density at radius 1 is 1.40 bits per heavy atom. The molecule has 0 aromatic heterocycles. The van der Waals surface area contributed by atoms with Gasteiger partial charge < -0.3 is 5.73 Å². The van der Waals surface area contributed by atoms with Crippen LogP contribution in [0.4, 0.5) is 0 Å². The highest BCUT2D eigenvalue weighted by Gasteiger charge is 2.47. The van der Waals surface area contributed by atoms with Gasteiger partial charge in [-0.15, -0.1) is 0 Å². The van der Waals surface area contributed by atoms with E-state index in [0.29, 0.717) is 0 Å². The average Bonchev–Trinajstić information content (AvgIpc) is 2.98. The third-order valence-electron chi connectivity index (χ3n) is 3.21. The number of halogens is 1. The van der Waals surface area contributed by atoms with Gasteiger partial charge in [0.1, 0.15) is 0 Å². The van der Waals surface area contributed by atoms with Gasteiger partial charge in [-0.25, -0.2) is 0 Å². The van der Waals surface area contributed by atoms with Gasteiger partial charge in [0.15, 0.2) is 0 Å². The number of amides is 1. The summed E-state index contributed by atoms with van der Waals surface area (Å²) in [5.74, 6) is -0.158. The number of benzene rings is 1. The van der Waals surface area contributed by atoms with Crippen LogP contribution in [0.25, 0.3) is 0 Å². The molecule has 0 saturated heterocycles. The van der Waals surface area contributed by atoms with Gasteiger partial charge in [-0.2, -0.15) is 0 Å². The molecule has 1 saturated carbocycles. The van der Waals surface area contributed by atoms with Crippen molar-refractivity contribution in [2.45, 2.75) is 25.7 Å². The summed E-state index contributed by atoms with van der Waals surface area (Å²) < 4.78 is 0. The Balaban J connectivity index is 2.00. The molecule has 1 aromatic rings. The molecule has 80 valence electrons. The first-order valence-corrected chi connectivity index (χ1v) is 5.55. The van der Waals surface area contributed by atoms with E-state index in [-0.39, 0.29) is 11.3 Å². The van der Waals surface area contributed by atoms with E-state index in [2.05, 4.69) is 0 Å². The fourth-order valence-electron chi connectivity index (χ4n) is 1.85. The molecule has 1 amide bonds. The minimum atomic E-state index is -0.223. The molecule has 1 aromatic carbocycles. The molecule has 1 aliphatic rings. The minimum Gasteiger partial charge on any atom is -0.369 e. The first-order chi connectivity index (χ1) is 7.14. The number of hydrogen-bond acceptors (Lipinski definition) is 1. The minimum absolute atomic E-state index is 0.158. The molecule has 0 bridgehead atoms. The first kappa shape index (κ1) is 10.5. The molecule has 1 fully saturated rings. The fraction of sp³-hybridized carbons (Fsp3) is 0.417. The van der Waals surface area contributed by atoms with Gasteiger partial charge >= 0.3 is 0 Å². The summed E-state index contributed by atoms with van der Waals surface area (Å²) in [7, 11) is 0. The maximum atomic E-state index is 11.2. The van der Waals surface area contributed by atoms with Crippen molar-refractivity contribution in [3.63, 3.8) is 0 Å². The van der Waals surface area contributed by atoms with Gasteiger partial charge in [-0.1, -0.05) is 29.8 Å². The van der Waals surface area contributed by atoms with Crippen LogP contribution in [-0.4, -0.2) is 5.91 Å². The van der Waals surface area contributed by atoms with E-state index < -0.39 is 0 Å². The summed E-state index contributed by atoms with van der Waals surface area (Å²) in [5, 5.41) is 0.776. The van der Waals surface area contributed by atoms with Crippen molar-refractivity contribution in [1.29, 1.82) is 0 Å². The normalized spacial score (nSPS) is 17.4. The van der Waals surface area contributed by atoms with Crippen LogP contribution >= 0.6 is 11.6 Å². The second kappa shape index (κ2) is 3.86. The summed E-state index contributed by atoms with van der Waals surface area (Å²) >= 11 is 6.04. The highest BCUT2D eigenvalue weighted by molar-refractivity contribution is 6.31. The molecule has 0 atom stereocenters. The highest BCUT2D eigenvalue weighted by atomic mass is 35.5. The van der Waals surface area contributed by atoms with Gasteiger partial charge in [0.05, 0.1) is 0 Å². The molecule has 15 heavy (non-hydrogen) atoms. The molecule has 2 N–H and O–H groups in total. The number of carbonyl (C=O) groups excluding carboxylic acids is 1. The Kier molecular flexibility index (Phi) is 2.70. The number of primary amides is 1. The second-order valence-electron chi connectivity index (χ2n) is 4.24. The van der Waals surface area contributed by atoms with E-state index in [1.807, 2.05) is 24.3 Å². The maximum absolute atomic E-state index is 11.2. The maximum Gasteiger partial charge on any atom is 0.223 e. The lowest BCUT2D eigenvalue weighted by Crippen LogP contribution is -2.25. The summed E-state index contributed by atoms with van der Waals surface area (Å²) in [6, 6.07) is 7.75. The molecule has 0 aliphatic heterocycles. The van der Waals surface area contributed by atoms with Gasteiger partial charge in [-0.05, 0) is 37.3 Å². The zero-order chi connectivity index (χ0) is 10.9. The van der Waals surface area contributed by atoms with Crippen LogP contribution in [0.15, 0.2) is 24.3 Å². The van der Waals surface area contributed by atoms with Crippen molar-refractivity contribution in [3.8, 4) is 0 Å². The van der Waals surface area contributed by atoms with Crippen LogP contribution in [0, 0.1) is 5.41 Å². The number of carbonyl (C=O) groups is 1. The lowest BCUT2D eigenvalue weighted by atomic mass is 9.96. The summed E-state index contributed by atoms with van der Waals surface area (Å²) in [5.41, 5.74) is 6.24. The lowest BCUT2D eigenvalue weighted by molar-refractivity contribution is -0.123. The molecular formula is C12H14ClNO. The van der Waals surface area contributed by atoms with Crippen molar-refractivity contribution in [3.05, 3.63) is 34.9 Å². The van der Waals surface area contributed by atoms with Gasteiger partial charge in [-0.3, -0.25) is 4.79 Å². The van der Waals surface area contributed by atoms with E-state index in [4.69, 9.17) is 17.3 Å². The van der Waals surface area contributed by atoms with E-state index in [9.17, 15) is 4.79 Å². The van der Waals surface area contributed by atoms with E-state index in [1.165, 1.54) is 0 Å². The third kappa shape index (κ3) is 2.15. The Labute approximate surface area is 94.4 Å². The van der Waals surface area contributed by atoms with Crippen molar-refractivity contribution >= 4 is 17.5 Å². The summed E-state index contributed by atoms with van der Waals surface area (Å²) in [6.45, 7) is 0. The number of rotatable bonds is 4. The predicted octanol–water partition coefficient (Wildman–Crippen LogP) is 2.54. The molecule has 2 rings (SSSR count). The highest BCUT2D eigenvalue weighted by Crippen LogP contribution is 2.49. The molecule has 1 aliphatic carbocycles. The van der Waals surface area contributed by atoms with E-state index >= 15 is 0 Å². The SMILES string of the molecule is NC(=O)C1(CCc2ccccc2Cl)CC1. The van der Waals surface area contributed by atoms with Crippen molar-refractivity contribution in [1.82, 2.24) is 0 Å². The molecule has 2 nitrogen and oxygen atoms in total. The van der Waals surface area contributed by atoms with Gasteiger partial charge in [0.2, 0.25) is 5.91 Å². The number of hydrogen-bond donors (Lipinski definition) is 1.